The highest BCUT2D eigenvalue weighted by Crippen LogP contribution is 2.43. The highest BCUT2D eigenvalue weighted by atomic mass is 16.3. The monoisotopic (exact) mass is 807 g/mol. The van der Waals surface area contributed by atoms with Gasteiger partial charge in [-0.3, -0.25) is 4.57 Å². The molecule has 0 aliphatic heterocycles. The first-order chi connectivity index (χ1) is 31.2. The molecule has 0 saturated carbocycles. The Kier molecular flexibility index (Phi) is 8.78. The lowest BCUT2D eigenvalue weighted by Gasteiger charge is -2.19. The molecule has 8 aromatic carbocycles. The fraction of sp³-hybridized carbons (Fsp3) is 0.0175. The molecule has 0 atom stereocenters. The van der Waals surface area contributed by atoms with Gasteiger partial charge in [0.1, 0.15) is 22.8 Å². The van der Waals surface area contributed by atoms with Crippen LogP contribution in [0.25, 0.3) is 106 Å². The molecule has 0 amide bonds. The first-order valence-electron chi connectivity index (χ1n) is 21.2. The molecule has 0 bridgehead atoms. The minimum atomic E-state index is 0.382. The Hall–Kier alpha value is -8.48. The number of furan rings is 1. The maximum Gasteiger partial charge on any atom is 0.163 e. The highest BCUT2D eigenvalue weighted by Gasteiger charge is 2.23. The first kappa shape index (κ1) is 36.4. The summed E-state index contributed by atoms with van der Waals surface area (Å²) < 4.78 is 8.97. The van der Waals surface area contributed by atoms with Crippen molar-refractivity contribution in [2.24, 2.45) is 0 Å². The van der Waals surface area contributed by atoms with E-state index in [9.17, 15) is 0 Å². The second kappa shape index (κ2) is 15.2. The second-order valence-electron chi connectivity index (χ2n) is 15.8. The lowest BCUT2D eigenvalue weighted by atomic mass is 9.87. The number of nitrogens with zero attached hydrogens (tertiary/aromatic N) is 5. The summed E-state index contributed by atoms with van der Waals surface area (Å²) >= 11 is 0. The maximum absolute atomic E-state index is 6.69. The number of hydrogen-bond donors (Lipinski definition) is 0. The van der Waals surface area contributed by atoms with E-state index in [1.165, 1.54) is 0 Å². The minimum Gasteiger partial charge on any atom is -0.455 e. The summed E-state index contributed by atoms with van der Waals surface area (Å²) in [5.41, 5.74) is 13.2. The van der Waals surface area contributed by atoms with Gasteiger partial charge in [0, 0.05) is 51.0 Å². The summed E-state index contributed by atoms with van der Waals surface area (Å²) in [5, 5.41) is 4.32. The van der Waals surface area contributed by atoms with E-state index in [0.29, 0.717) is 23.9 Å². The van der Waals surface area contributed by atoms with Gasteiger partial charge in [-0.05, 0) is 58.1 Å². The molecule has 0 spiro atoms. The van der Waals surface area contributed by atoms with Gasteiger partial charge in [-0.2, -0.15) is 0 Å². The molecule has 0 radical (unpaired) electrons. The van der Waals surface area contributed by atoms with Gasteiger partial charge in [0.2, 0.25) is 0 Å². The summed E-state index contributed by atoms with van der Waals surface area (Å²) in [5.74, 6) is 2.68. The van der Waals surface area contributed by atoms with Crippen LogP contribution in [0.3, 0.4) is 0 Å². The van der Waals surface area contributed by atoms with E-state index in [2.05, 4.69) is 138 Å². The van der Waals surface area contributed by atoms with E-state index >= 15 is 0 Å². The van der Waals surface area contributed by atoms with Gasteiger partial charge in [0.15, 0.2) is 11.6 Å². The van der Waals surface area contributed by atoms with Gasteiger partial charge < -0.3 is 4.42 Å². The van der Waals surface area contributed by atoms with E-state index in [4.69, 9.17) is 24.4 Å². The standard InChI is InChI=1S/C57H37N5O/c1-5-18-37(19-6-1)43-28-17-29-44(38-20-7-2-8-21-38)52(43)42-34-41(35-51-59-55(39-22-9-3-10-23-39)61-56(60-51)40-24-11-4-12-25-40)57(58-36-42)62-48-30-15-13-27-47(48)53-49(62)33-32-46-45-26-14-16-31-50(45)63-54(46)53/h1-34,36H,35H2. The first-order valence-corrected chi connectivity index (χ1v) is 21.2. The molecule has 6 heteroatoms. The number of rotatable bonds is 8. The second-order valence-corrected chi connectivity index (χ2v) is 15.8. The summed E-state index contributed by atoms with van der Waals surface area (Å²) in [6.45, 7) is 0. The quantitative estimate of drug-likeness (QED) is 0.153. The molecule has 0 aliphatic rings. The third kappa shape index (κ3) is 6.35. The van der Waals surface area contributed by atoms with Crippen molar-refractivity contribution < 1.29 is 4.42 Å². The average Bonchev–Trinajstić information content (AvgIpc) is 3.91. The predicted octanol–water partition coefficient (Wildman–Crippen LogP) is 14.2. The highest BCUT2D eigenvalue weighted by molar-refractivity contribution is 6.23. The fourth-order valence-electron chi connectivity index (χ4n) is 9.12. The maximum atomic E-state index is 6.69. The number of hydrogen-bond acceptors (Lipinski definition) is 5. The number of fused-ring (bicyclic) bond motifs is 7. The Morgan fingerprint density at radius 2 is 0.984 bits per heavy atom. The predicted molar refractivity (Wildman–Crippen MR) is 256 cm³/mol. The topological polar surface area (TPSA) is 69.6 Å². The van der Waals surface area contributed by atoms with Gasteiger partial charge in [0.05, 0.1) is 16.4 Å². The normalized spacial score (nSPS) is 11.6. The van der Waals surface area contributed by atoms with E-state index < -0.39 is 0 Å². The van der Waals surface area contributed by atoms with Crippen LogP contribution < -0.4 is 0 Å². The van der Waals surface area contributed by atoms with Crippen LogP contribution >= 0.6 is 0 Å². The summed E-state index contributed by atoms with van der Waals surface area (Å²) in [7, 11) is 0. The van der Waals surface area contributed by atoms with Crippen molar-refractivity contribution in [3.63, 3.8) is 0 Å². The molecule has 12 rings (SSSR count). The summed E-state index contributed by atoms with van der Waals surface area (Å²) in [4.78, 5) is 20.9. The molecular weight excluding hydrogens is 771 g/mol. The van der Waals surface area contributed by atoms with Gasteiger partial charge in [-0.15, -0.1) is 0 Å². The zero-order valence-electron chi connectivity index (χ0n) is 34.1. The third-order valence-electron chi connectivity index (χ3n) is 12.0. The fourth-order valence-corrected chi connectivity index (χ4v) is 9.12. The molecule has 296 valence electrons. The molecule has 63 heavy (non-hydrogen) atoms. The van der Waals surface area contributed by atoms with Crippen molar-refractivity contribution in [3.8, 4) is 62.0 Å². The Balaban J connectivity index is 1.14. The molecule has 12 aromatic rings. The lowest BCUT2D eigenvalue weighted by molar-refractivity contribution is 0.673. The number of benzene rings is 8. The SMILES string of the molecule is c1ccc(-c2nc(Cc3cc(-c4c(-c5ccccc5)cccc4-c4ccccc4)cnc3-n3c4ccccc4c4c5oc6ccccc6c5ccc43)nc(-c3ccccc3)n2)cc1. The Morgan fingerprint density at radius 1 is 0.429 bits per heavy atom. The van der Waals surface area contributed by atoms with Crippen LogP contribution in [0.1, 0.15) is 11.4 Å². The zero-order chi connectivity index (χ0) is 41.7. The van der Waals surface area contributed by atoms with Gasteiger partial charge in [-0.25, -0.2) is 19.9 Å². The number of pyridine rings is 1. The van der Waals surface area contributed by atoms with Crippen LogP contribution in [0.15, 0.2) is 217 Å². The molecule has 6 nitrogen and oxygen atoms in total. The van der Waals surface area contributed by atoms with Crippen molar-refractivity contribution >= 4 is 43.7 Å². The smallest absolute Gasteiger partial charge is 0.163 e. The molecular formula is C57H37N5O. The van der Waals surface area contributed by atoms with Crippen molar-refractivity contribution in [2.45, 2.75) is 6.42 Å². The van der Waals surface area contributed by atoms with Crippen LogP contribution in [0.2, 0.25) is 0 Å². The molecule has 0 N–H and O–H groups in total. The van der Waals surface area contributed by atoms with Crippen LogP contribution in [0, 0.1) is 0 Å². The van der Waals surface area contributed by atoms with Gasteiger partial charge in [0.25, 0.3) is 0 Å². The largest absolute Gasteiger partial charge is 0.455 e. The van der Waals surface area contributed by atoms with Crippen molar-refractivity contribution in [1.29, 1.82) is 0 Å². The van der Waals surface area contributed by atoms with Crippen molar-refractivity contribution in [3.05, 3.63) is 224 Å². The number of para-hydroxylation sites is 2. The third-order valence-corrected chi connectivity index (χ3v) is 12.0. The zero-order valence-corrected chi connectivity index (χ0v) is 34.1. The molecule has 4 heterocycles. The van der Waals surface area contributed by atoms with E-state index in [1.807, 2.05) is 79.0 Å². The Labute approximate surface area is 363 Å². The molecule has 0 unspecified atom stereocenters. The van der Waals surface area contributed by atoms with Crippen molar-refractivity contribution in [1.82, 2.24) is 24.5 Å². The van der Waals surface area contributed by atoms with Gasteiger partial charge in [-0.1, -0.05) is 176 Å². The van der Waals surface area contributed by atoms with E-state index in [-0.39, 0.29) is 0 Å². The average molecular weight is 808 g/mol. The summed E-state index contributed by atoms with van der Waals surface area (Å²) in [6, 6.07) is 71.5. The molecule has 0 aliphatic carbocycles. The molecule has 0 fully saturated rings. The number of aromatic nitrogens is 5. The Bertz CT molecular complexity index is 3520. The van der Waals surface area contributed by atoms with E-state index in [1.54, 1.807) is 0 Å². The van der Waals surface area contributed by atoms with E-state index in [0.717, 1.165) is 99.6 Å². The van der Waals surface area contributed by atoms with Crippen LogP contribution in [-0.2, 0) is 6.42 Å². The Morgan fingerprint density at radius 3 is 1.62 bits per heavy atom. The van der Waals surface area contributed by atoms with Crippen LogP contribution in [0.4, 0.5) is 0 Å². The lowest BCUT2D eigenvalue weighted by Crippen LogP contribution is -2.08. The van der Waals surface area contributed by atoms with Crippen LogP contribution in [0.5, 0.6) is 0 Å². The van der Waals surface area contributed by atoms with Crippen LogP contribution in [-0.4, -0.2) is 24.5 Å². The minimum absolute atomic E-state index is 0.382. The van der Waals surface area contributed by atoms with Crippen molar-refractivity contribution in [2.75, 3.05) is 0 Å². The van der Waals surface area contributed by atoms with Gasteiger partial charge >= 0.3 is 0 Å². The summed E-state index contributed by atoms with van der Waals surface area (Å²) in [6.07, 6.45) is 2.42. The molecule has 4 aromatic heterocycles. The molecule has 0 saturated heterocycles.